The lowest BCUT2D eigenvalue weighted by molar-refractivity contribution is -0.274. The van der Waals surface area contributed by atoms with E-state index in [-0.39, 0.29) is 17.0 Å². The predicted octanol–water partition coefficient (Wildman–Crippen LogP) is 1.62. The number of halogens is 3. The molecule has 24 heavy (non-hydrogen) atoms. The summed E-state index contributed by atoms with van der Waals surface area (Å²) < 4.78 is 72.7. The van der Waals surface area contributed by atoms with Crippen molar-refractivity contribution in [1.29, 1.82) is 0 Å². The maximum atomic E-state index is 12.1. The van der Waals surface area contributed by atoms with Gasteiger partial charge >= 0.3 is 22.5 Å². The Morgan fingerprint density at radius 3 is 2.29 bits per heavy atom. The number of hydrogen-bond donors (Lipinski definition) is 0. The molecule has 1 aliphatic rings. The molecule has 0 atom stereocenters. The number of alkyl halides is 3. The summed E-state index contributed by atoms with van der Waals surface area (Å²) in [5.41, 5.74) is -0.215. The van der Waals surface area contributed by atoms with Gasteiger partial charge in [-0.15, -0.1) is 17.6 Å². The summed E-state index contributed by atoms with van der Waals surface area (Å²) in [7, 11) is -1.96. The molecule has 2 rings (SSSR count). The van der Waals surface area contributed by atoms with E-state index in [0.29, 0.717) is 4.31 Å². The molecule has 0 spiro atoms. The Balaban J connectivity index is 2.40. The molecular weight excluding hydrogens is 353 g/mol. The van der Waals surface area contributed by atoms with E-state index < -0.39 is 28.3 Å². The predicted molar refractivity (Wildman–Crippen MR) is 76.4 cm³/mol. The van der Waals surface area contributed by atoms with Gasteiger partial charge in [0, 0.05) is 12.6 Å². The summed E-state index contributed by atoms with van der Waals surface area (Å²) in [6, 6.07) is 4.38. The number of likely N-dealkylation sites (N-methyl/N-ethyl adjacent to an activating group) is 1. The van der Waals surface area contributed by atoms with Crippen LogP contribution in [0.3, 0.4) is 0 Å². The fourth-order valence-corrected chi connectivity index (χ4v) is 2.72. The SMILES string of the molecule is COC(=O)C1=CC(c2ccc(OC(F)(F)F)cc2)=NS(=O)(=O)N1C. The standard InChI is InChI=1S/C13H11F3N2O5S/c1-18-11(12(19)22-2)7-10(17-24(18,20)21)8-3-5-9(6-4-8)23-13(14,15)16/h3-7H,1-2H3. The molecule has 0 amide bonds. The van der Waals surface area contributed by atoms with Crippen molar-refractivity contribution in [1.82, 2.24) is 4.31 Å². The van der Waals surface area contributed by atoms with Crippen molar-refractivity contribution < 1.29 is 35.9 Å². The largest absolute Gasteiger partial charge is 0.573 e. The lowest BCUT2D eigenvalue weighted by Crippen LogP contribution is -2.33. The van der Waals surface area contributed by atoms with Crippen molar-refractivity contribution in [3.8, 4) is 5.75 Å². The second kappa shape index (κ2) is 6.15. The first-order valence-corrected chi connectivity index (χ1v) is 7.68. The van der Waals surface area contributed by atoms with Crippen molar-refractivity contribution in [3.05, 3.63) is 41.6 Å². The van der Waals surface area contributed by atoms with Gasteiger partial charge in [-0.2, -0.15) is 8.42 Å². The summed E-state index contributed by atoms with van der Waals surface area (Å²) >= 11 is 0. The summed E-state index contributed by atoms with van der Waals surface area (Å²) in [5.74, 6) is -1.37. The quantitative estimate of drug-likeness (QED) is 0.761. The number of rotatable bonds is 3. The van der Waals surface area contributed by atoms with E-state index >= 15 is 0 Å². The third kappa shape index (κ3) is 3.85. The third-order valence-electron chi connectivity index (χ3n) is 2.95. The fourth-order valence-electron chi connectivity index (χ4n) is 1.81. The molecule has 0 radical (unpaired) electrons. The van der Waals surface area contributed by atoms with Gasteiger partial charge in [0.1, 0.15) is 11.4 Å². The highest BCUT2D eigenvalue weighted by molar-refractivity contribution is 7.88. The van der Waals surface area contributed by atoms with Gasteiger partial charge in [0.2, 0.25) is 0 Å². The van der Waals surface area contributed by atoms with E-state index in [1.54, 1.807) is 0 Å². The van der Waals surface area contributed by atoms with Crippen molar-refractivity contribution >= 4 is 21.9 Å². The van der Waals surface area contributed by atoms with E-state index in [1.165, 1.54) is 12.1 Å². The molecule has 0 aromatic heterocycles. The molecule has 0 saturated heterocycles. The van der Waals surface area contributed by atoms with E-state index in [9.17, 15) is 26.4 Å². The Labute approximate surface area is 135 Å². The molecule has 0 saturated carbocycles. The number of benzene rings is 1. The average molecular weight is 364 g/mol. The molecule has 1 heterocycles. The van der Waals surface area contributed by atoms with Gasteiger partial charge in [0.05, 0.1) is 12.8 Å². The molecule has 0 bridgehead atoms. The van der Waals surface area contributed by atoms with E-state index in [0.717, 1.165) is 32.4 Å². The van der Waals surface area contributed by atoms with Crippen molar-refractivity contribution in [2.75, 3.05) is 14.2 Å². The van der Waals surface area contributed by atoms with Crippen LogP contribution in [0.25, 0.3) is 0 Å². The molecule has 0 unspecified atom stereocenters. The van der Waals surface area contributed by atoms with Gasteiger partial charge in [-0.1, -0.05) is 0 Å². The van der Waals surface area contributed by atoms with E-state index in [4.69, 9.17) is 0 Å². The number of nitrogens with zero attached hydrogens (tertiary/aromatic N) is 2. The third-order valence-corrected chi connectivity index (χ3v) is 4.27. The monoisotopic (exact) mass is 364 g/mol. The van der Waals surface area contributed by atoms with Crippen molar-refractivity contribution in [2.45, 2.75) is 6.36 Å². The Bertz CT molecular complexity index is 813. The van der Waals surface area contributed by atoms with Crippen LogP contribution in [0.1, 0.15) is 5.56 Å². The zero-order chi connectivity index (χ0) is 18.1. The van der Waals surface area contributed by atoms with Crippen LogP contribution in [0.4, 0.5) is 13.2 Å². The molecule has 7 nitrogen and oxygen atoms in total. The van der Waals surface area contributed by atoms with Crippen LogP contribution in [0.15, 0.2) is 40.4 Å². The minimum atomic E-state index is -4.84. The minimum absolute atomic E-state index is 0.118. The second-order valence-corrected chi connectivity index (χ2v) is 6.14. The fraction of sp³-hybridized carbons (Fsp3) is 0.231. The van der Waals surface area contributed by atoms with Crippen molar-refractivity contribution in [3.63, 3.8) is 0 Å². The maximum absolute atomic E-state index is 12.1. The molecule has 1 aromatic rings. The van der Waals surface area contributed by atoms with Gasteiger partial charge in [-0.05, 0) is 30.3 Å². The summed E-state index contributed by atoms with van der Waals surface area (Å²) in [6.07, 6.45) is -3.68. The summed E-state index contributed by atoms with van der Waals surface area (Å²) in [5, 5.41) is 0. The van der Waals surface area contributed by atoms with Crippen LogP contribution in [0.2, 0.25) is 0 Å². The number of allylic oxidation sites excluding steroid dienone is 1. The molecular formula is C13H11F3N2O5S. The molecule has 1 aromatic carbocycles. The maximum Gasteiger partial charge on any atom is 0.573 e. The van der Waals surface area contributed by atoms with E-state index in [1.807, 2.05) is 0 Å². The molecule has 11 heteroatoms. The van der Waals surface area contributed by atoms with Gasteiger partial charge in [0.15, 0.2) is 0 Å². The Morgan fingerprint density at radius 1 is 1.21 bits per heavy atom. The Kier molecular flexibility index (Phi) is 4.56. The topological polar surface area (TPSA) is 85.3 Å². The number of carbonyl (C=O) groups is 1. The first kappa shape index (κ1) is 17.8. The second-order valence-electron chi connectivity index (χ2n) is 4.52. The molecule has 0 fully saturated rings. The molecule has 130 valence electrons. The highest BCUT2D eigenvalue weighted by Gasteiger charge is 2.32. The molecule has 0 aliphatic carbocycles. The highest BCUT2D eigenvalue weighted by atomic mass is 32.2. The minimum Gasteiger partial charge on any atom is -0.464 e. The van der Waals surface area contributed by atoms with Gasteiger partial charge < -0.3 is 9.47 Å². The van der Waals surface area contributed by atoms with Gasteiger partial charge in [0.25, 0.3) is 0 Å². The number of hydrogen-bond acceptors (Lipinski definition) is 5. The van der Waals surface area contributed by atoms with Crippen LogP contribution < -0.4 is 4.74 Å². The molecule has 1 aliphatic heterocycles. The Morgan fingerprint density at radius 2 is 1.79 bits per heavy atom. The summed E-state index contributed by atoms with van der Waals surface area (Å²) in [4.78, 5) is 11.7. The number of carbonyl (C=O) groups excluding carboxylic acids is 1. The number of methoxy groups -OCH3 is 1. The zero-order valence-corrected chi connectivity index (χ0v) is 13.2. The Hall–Kier alpha value is -2.56. The highest BCUT2D eigenvalue weighted by Crippen LogP contribution is 2.25. The van der Waals surface area contributed by atoms with Gasteiger partial charge in [-0.25, -0.2) is 9.10 Å². The number of ether oxygens (including phenoxy) is 2. The normalized spacial score (nSPS) is 17.0. The van der Waals surface area contributed by atoms with Crippen LogP contribution >= 0.6 is 0 Å². The molecule has 0 N–H and O–H groups in total. The van der Waals surface area contributed by atoms with E-state index in [2.05, 4.69) is 13.9 Å². The average Bonchev–Trinajstić information content (AvgIpc) is 2.48. The van der Waals surface area contributed by atoms with Crippen molar-refractivity contribution in [2.24, 2.45) is 4.40 Å². The zero-order valence-electron chi connectivity index (χ0n) is 12.4. The first-order valence-electron chi connectivity index (χ1n) is 6.28. The lowest BCUT2D eigenvalue weighted by Gasteiger charge is -2.22. The lowest BCUT2D eigenvalue weighted by atomic mass is 10.1. The smallest absolute Gasteiger partial charge is 0.464 e. The van der Waals surface area contributed by atoms with Crippen LogP contribution in [0.5, 0.6) is 5.75 Å². The van der Waals surface area contributed by atoms with Crippen LogP contribution in [-0.4, -0.2) is 44.9 Å². The van der Waals surface area contributed by atoms with Gasteiger partial charge in [-0.3, -0.25) is 0 Å². The van der Waals surface area contributed by atoms with Crippen LogP contribution in [0, 0.1) is 0 Å². The van der Waals surface area contributed by atoms with Crippen LogP contribution in [-0.2, 0) is 19.7 Å². The summed E-state index contributed by atoms with van der Waals surface area (Å²) in [6.45, 7) is 0. The number of esters is 1. The first-order chi connectivity index (χ1) is 11.0.